The maximum absolute atomic E-state index is 13.3. The van der Waals surface area contributed by atoms with Gasteiger partial charge in [0.05, 0.1) is 11.6 Å². The number of nitrogens with zero attached hydrogens (tertiary/aromatic N) is 1. The molecule has 1 N–H and O–H groups in total. The molecule has 0 aromatic heterocycles. The van der Waals surface area contributed by atoms with Crippen LogP contribution in [0.2, 0.25) is 0 Å². The van der Waals surface area contributed by atoms with Gasteiger partial charge in [0.15, 0.2) is 0 Å². The number of hydrogen-bond acceptors (Lipinski definition) is 2. The SMILES string of the molecule is Cc1cc(F)ccc1C1CCCCN1C(=O)CCC(C)(C)O. The molecule has 1 heterocycles. The monoisotopic (exact) mass is 307 g/mol. The molecule has 3 nitrogen and oxygen atoms in total. The minimum absolute atomic E-state index is 0.0312. The summed E-state index contributed by atoms with van der Waals surface area (Å²) in [5.41, 5.74) is 1.11. The minimum atomic E-state index is -0.827. The number of benzene rings is 1. The van der Waals surface area contributed by atoms with Crippen molar-refractivity contribution in [3.63, 3.8) is 0 Å². The second kappa shape index (κ2) is 6.78. The summed E-state index contributed by atoms with van der Waals surface area (Å²) in [5.74, 6) is -0.160. The van der Waals surface area contributed by atoms with E-state index in [0.29, 0.717) is 12.8 Å². The Hall–Kier alpha value is -1.42. The van der Waals surface area contributed by atoms with E-state index < -0.39 is 5.60 Å². The van der Waals surface area contributed by atoms with Crippen molar-refractivity contribution < 1.29 is 14.3 Å². The van der Waals surface area contributed by atoms with E-state index in [1.807, 2.05) is 11.8 Å². The molecule has 1 aromatic rings. The number of carbonyl (C=O) groups excluding carboxylic acids is 1. The van der Waals surface area contributed by atoms with Crippen LogP contribution < -0.4 is 0 Å². The van der Waals surface area contributed by atoms with E-state index in [9.17, 15) is 14.3 Å². The van der Waals surface area contributed by atoms with E-state index >= 15 is 0 Å². The Bertz CT molecular complexity index is 536. The Morgan fingerprint density at radius 3 is 2.77 bits per heavy atom. The van der Waals surface area contributed by atoms with Gasteiger partial charge in [-0.25, -0.2) is 4.39 Å². The third-order valence-corrected chi connectivity index (χ3v) is 4.36. The van der Waals surface area contributed by atoms with Crippen LogP contribution in [0.15, 0.2) is 18.2 Å². The quantitative estimate of drug-likeness (QED) is 0.920. The first-order chi connectivity index (χ1) is 10.3. The van der Waals surface area contributed by atoms with Crippen molar-refractivity contribution in [1.29, 1.82) is 0 Å². The van der Waals surface area contributed by atoms with Crippen molar-refractivity contribution in [2.45, 2.75) is 64.5 Å². The second-order valence-corrected chi connectivity index (χ2v) is 6.91. The zero-order valence-electron chi connectivity index (χ0n) is 13.7. The van der Waals surface area contributed by atoms with Crippen molar-refractivity contribution in [2.24, 2.45) is 0 Å². The number of amides is 1. The van der Waals surface area contributed by atoms with Crippen LogP contribution >= 0.6 is 0 Å². The van der Waals surface area contributed by atoms with Gasteiger partial charge in [-0.2, -0.15) is 0 Å². The van der Waals surface area contributed by atoms with Gasteiger partial charge < -0.3 is 10.0 Å². The standard InChI is InChI=1S/C18H26FNO2/c1-13-12-14(19)7-8-15(13)16-6-4-5-11-20(16)17(21)9-10-18(2,3)22/h7-8,12,16,22H,4-6,9-11H2,1-3H3. The van der Waals surface area contributed by atoms with Gasteiger partial charge in [-0.3, -0.25) is 4.79 Å². The summed E-state index contributed by atoms with van der Waals surface area (Å²) in [4.78, 5) is 14.5. The first kappa shape index (κ1) is 16.9. The molecule has 0 radical (unpaired) electrons. The first-order valence-electron chi connectivity index (χ1n) is 8.06. The van der Waals surface area contributed by atoms with E-state index in [2.05, 4.69) is 0 Å². The van der Waals surface area contributed by atoms with Gasteiger partial charge in [-0.05, 0) is 69.7 Å². The van der Waals surface area contributed by atoms with Crippen LogP contribution in [0.25, 0.3) is 0 Å². The molecule has 0 saturated carbocycles. The molecule has 0 bridgehead atoms. The molecule has 1 aliphatic heterocycles. The zero-order valence-corrected chi connectivity index (χ0v) is 13.7. The van der Waals surface area contributed by atoms with Crippen LogP contribution in [0.3, 0.4) is 0 Å². The molecule has 1 unspecified atom stereocenters. The van der Waals surface area contributed by atoms with Crippen LogP contribution in [0.4, 0.5) is 4.39 Å². The third-order valence-electron chi connectivity index (χ3n) is 4.36. The molecule has 2 rings (SSSR count). The summed E-state index contributed by atoms with van der Waals surface area (Å²) in [7, 11) is 0. The number of hydrogen-bond donors (Lipinski definition) is 1. The maximum atomic E-state index is 13.3. The number of halogens is 1. The van der Waals surface area contributed by atoms with E-state index in [4.69, 9.17) is 0 Å². The van der Waals surface area contributed by atoms with Crippen LogP contribution in [-0.2, 0) is 4.79 Å². The van der Waals surface area contributed by atoms with Crippen molar-refractivity contribution in [3.8, 4) is 0 Å². The second-order valence-electron chi connectivity index (χ2n) is 6.91. The molecule has 1 fully saturated rings. The number of aliphatic hydroxyl groups is 1. The van der Waals surface area contributed by atoms with Gasteiger partial charge in [0.2, 0.25) is 5.91 Å². The zero-order chi connectivity index (χ0) is 16.3. The average Bonchev–Trinajstić information content (AvgIpc) is 2.44. The summed E-state index contributed by atoms with van der Waals surface area (Å²) in [6, 6.07) is 4.83. The highest BCUT2D eigenvalue weighted by Crippen LogP contribution is 2.33. The largest absolute Gasteiger partial charge is 0.390 e. The van der Waals surface area contributed by atoms with E-state index in [1.54, 1.807) is 19.9 Å². The van der Waals surface area contributed by atoms with Crippen LogP contribution in [0, 0.1) is 12.7 Å². The average molecular weight is 307 g/mol. The van der Waals surface area contributed by atoms with Gasteiger partial charge in [0.25, 0.3) is 0 Å². The number of likely N-dealkylation sites (tertiary alicyclic amines) is 1. The van der Waals surface area contributed by atoms with E-state index in [1.165, 1.54) is 12.1 Å². The molecule has 1 atom stereocenters. The lowest BCUT2D eigenvalue weighted by atomic mass is 9.91. The fraction of sp³-hybridized carbons (Fsp3) is 0.611. The predicted molar refractivity (Wildman–Crippen MR) is 85.0 cm³/mol. The van der Waals surface area contributed by atoms with Gasteiger partial charge >= 0.3 is 0 Å². The Kier molecular flexibility index (Phi) is 5.22. The molecule has 0 spiro atoms. The van der Waals surface area contributed by atoms with Crippen LogP contribution in [-0.4, -0.2) is 28.1 Å². The molecule has 22 heavy (non-hydrogen) atoms. The maximum Gasteiger partial charge on any atom is 0.223 e. The summed E-state index contributed by atoms with van der Waals surface area (Å²) >= 11 is 0. The Morgan fingerprint density at radius 2 is 2.14 bits per heavy atom. The molecular weight excluding hydrogens is 281 g/mol. The molecule has 1 aliphatic rings. The fourth-order valence-electron chi connectivity index (χ4n) is 3.12. The van der Waals surface area contributed by atoms with Crippen molar-refractivity contribution in [3.05, 3.63) is 35.1 Å². The topological polar surface area (TPSA) is 40.5 Å². The Labute approximate surface area is 132 Å². The molecule has 1 saturated heterocycles. The minimum Gasteiger partial charge on any atom is -0.390 e. The molecule has 4 heteroatoms. The smallest absolute Gasteiger partial charge is 0.223 e. The lowest BCUT2D eigenvalue weighted by Gasteiger charge is -2.37. The summed E-state index contributed by atoms with van der Waals surface area (Å²) in [5, 5.41) is 9.81. The van der Waals surface area contributed by atoms with Crippen molar-refractivity contribution >= 4 is 5.91 Å². The third kappa shape index (κ3) is 4.29. The molecule has 1 aromatic carbocycles. The lowest BCUT2D eigenvalue weighted by Crippen LogP contribution is -2.39. The summed E-state index contributed by atoms with van der Waals surface area (Å²) in [6.45, 7) is 6.08. The number of piperidine rings is 1. The number of carbonyl (C=O) groups is 1. The van der Waals surface area contributed by atoms with Gasteiger partial charge in [0.1, 0.15) is 5.82 Å². The van der Waals surface area contributed by atoms with E-state index in [0.717, 1.165) is 36.9 Å². The predicted octanol–water partition coefficient (Wildman–Crippen LogP) is 3.74. The molecular formula is C18H26FNO2. The molecule has 1 amide bonds. The highest BCUT2D eigenvalue weighted by molar-refractivity contribution is 5.77. The normalized spacial score (nSPS) is 19.3. The van der Waals surface area contributed by atoms with Crippen LogP contribution in [0.1, 0.15) is 63.1 Å². The molecule has 0 aliphatic carbocycles. The first-order valence-corrected chi connectivity index (χ1v) is 8.06. The van der Waals surface area contributed by atoms with Crippen LogP contribution in [0.5, 0.6) is 0 Å². The highest BCUT2D eigenvalue weighted by Gasteiger charge is 2.29. The summed E-state index contributed by atoms with van der Waals surface area (Å²) < 4.78 is 13.3. The summed E-state index contributed by atoms with van der Waals surface area (Å²) in [6.07, 6.45) is 3.81. The highest BCUT2D eigenvalue weighted by atomic mass is 19.1. The van der Waals surface area contributed by atoms with Gasteiger partial charge in [-0.15, -0.1) is 0 Å². The molecule has 122 valence electrons. The Balaban J connectivity index is 2.15. The number of aryl methyl sites for hydroxylation is 1. The van der Waals surface area contributed by atoms with Gasteiger partial charge in [-0.1, -0.05) is 6.07 Å². The Morgan fingerprint density at radius 1 is 1.41 bits per heavy atom. The lowest BCUT2D eigenvalue weighted by molar-refractivity contribution is -0.136. The van der Waals surface area contributed by atoms with E-state index in [-0.39, 0.29) is 17.8 Å². The van der Waals surface area contributed by atoms with Crippen molar-refractivity contribution in [1.82, 2.24) is 4.90 Å². The van der Waals surface area contributed by atoms with Crippen molar-refractivity contribution in [2.75, 3.05) is 6.54 Å². The number of rotatable bonds is 4. The fourth-order valence-corrected chi connectivity index (χ4v) is 3.12. The van der Waals surface area contributed by atoms with Gasteiger partial charge in [0, 0.05) is 13.0 Å².